The summed E-state index contributed by atoms with van der Waals surface area (Å²) in [7, 11) is 0. The molecule has 8 aromatic carbocycles. The quantitative estimate of drug-likeness (QED) is 0.175. The van der Waals surface area contributed by atoms with Crippen LogP contribution in [0.15, 0.2) is 182 Å². The van der Waals surface area contributed by atoms with Crippen molar-refractivity contribution in [2.24, 2.45) is 0 Å². The van der Waals surface area contributed by atoms with Crippen molar-refractivity contribution in [2.75, 3.05) is 0 Å². The van der Waals surface area contributed by atoms with Gasteiger partial charge in [-0.05, 0) is 59.7 Å². The fourth-order valence-electron chi connectivity index (χ4n) is 8.39. The van der Waals surface area contributed by atoms with Crippen molar-refractivity contribution >= 4 is 84.8 Å². The van der Waals surface area contributed by atoms with Gasteiger partial charge < -0.3 is 4.57 Å². The molecule has 0 aliphatic rings. The largest absolute Gasteiger partial charge is 0.309 e. The molecule has 12 rings (SSSR count). The number of thiophene rings is 2. The fraction of sp³-hybridized carbons (Fsp3) is 0. The van der Waals surface area contributed by atoms with E-state index in [9.17, 15) is 0 Å². The number of rotatable bonds is 5. The molecular formula is C51H30N4S2. The van der Waals surface area contributed by atoms with Crippen LogP contribution in [-0.4, -0.2) is 19.5 Å². The third-order valence-corrected chi connectivity index (χ3v) is 13.4. The lowest BCUT2D eigenvalue weighted by atomic mass is 10.00. The number of fused-ring (bicyclic) bond motifs is 10. The van der Waals surface area contributed by atoms with E-state index >= 15 is 0 Å². The lowest BCUT2D eigenvalue weighted by Gasteiger charge is -2.14. The molecule has 4 aromatic heterocycles. The molecule has 0 spiro atoms. The van der Waals surface area contributed by atoms with E-state index in [-0.39, 0.29) is 0 Å². The summed E-state index contributed by atoms with van der Waals surface area (Å²) < 4.78 is 7.60. The van der Waals surface area contributed by atoms with E-state index < -0.39 is 0 Å². The summed E-state index contributed by atoms with van der Waals surface area (Å²) in [5, 5.41) is 7.69. The number of nitrogens with zero attached hydrogens (tertiary/aromatic N) is 4. The molecule has 0 aliphatic carbocycles. The van der Waals surface area contributed by atoms with Crippen molar-refractivity contribution < 1.29 is 0 Å². The van der Waals surface area contributed by atoms with Gasteiger partial charge >= 0.3 is 0 Å². The van der Waals surface area contributed by atoms with E-state index in [1.54, 1.807) is 0 Å². The normalized spacial score (nSPS) is 11.9. The summed E-state index contributed by atoms with van der Waals surface area (Å²) in [5.41, 5.74) is 8.43. The third-order valence-electron chi connectivity index (χ3n) is 11.0. The van der Waals surface area contributed by atoms with Crippen LogP contribution in [0, 0.1) is 0 Å². The molecule has 0 fully saturated rings. The highest BCUT2D eigenvalue weighted by Crippen LogP contribution is 2.44. The standard InChI is InChI=1S/C51H30N4S2/c1-3-13-31(14-4-1)49-52-50(32-15-5-2-6-16-32)54-51(53-49)35-27-34(33-23-24-39-37-17-8-11-21-44(37)56-46(39)30-33)28-36(29-35)55-42-20-10-7-19-41(42)47-43(55)26-25-40-38-18-9-12-22-45(38)57-48(40)47/h1-30H. The van der Waals surface area contributed by atoms with Gasteiger partial charge in [0.1, 0.15) is 0 Å². The van der Waals surface area contributed by atoms with Crippen molar-refractivity contribution in [3.63, 3.8) is 0 Å². The monoisotopic (exact) mass is 762 g/mol. The first kappa shape index (κ1) is 32.3. The Labute approximate surface area is 335 Å². The molecule has 266 valence electrons. The Morgan fingerprint density at radius 1 is 0.333 bits per heavy atom. The lowest BCUT2D eigenvalue weighted by Crippen LogP contribution is -2.01. The average Bonchev–Trinajstić information content (AvgIpc) is 3.96. The van der Waals surface area contributed by atoms with E-state index in [1.807, 2.05) is 59.1 Å². The second-order valence-corrected chi connectivity index (χ2v) is 16.5. The zero-order valence-electron chi connectivity index (χ0n) is 30.4. The van der Waals surface area contributed by atoms with E-state index in [2.05, 4.69) is 150 Å². The smallest absolute Gasteiger partial charge is 0.164 e. The van der Waals surface area contributed by atoms with Crippen LogP contribution >= 0.6 is 22.7 Å². The minimum absolute atomic E-state index is 0.626. The van der Waals surface area contributed by atoms with Gasteiger partial charge in [0.2, 0.25) is 0 Å². The SMILES string of the molecule is c1ccc(-c2nc(-c3ccccc3)nc(-c3cc(-c4ccc5c(c4)sc4ccccc45)cc(-n4c5ccccc5c5c6sc7ccccc7c6ccc54)c3)n2)cc1. The molecular weight excluding hydrogens is 733 g/mol. The molecule has 0 aliphatic heterocycles. The van der Waals surface area contributed by atoms with E-state index in [0.29, 0.717) is 17.5 Å². The maximum atomic E-state index is 5.20. The fourth-order valence-corrected chi connectivity index (χ4v) is 10.8. The molecule has 0 radical (unpaired) electrons. The van der Waals surface area contributed by atoms with E-state index in [0.717, 1.165) is 39.0 Å². The van der Waals surface area contributed by atoms with Gasteiger partial charge in [-0.1, -0.05) is 133 Å². The maximum Gasteiger partial charge on any atom is 0.164 e. The van der Waals surface area contributed by atoms with E-state index in [4.69, 9.17) is 15.0 Å². The van der Waals surface area contributed by atoms with Crippen LogP contribution in [0.5, 0.6) is 0 Å². The lowest BCUT2D eigenvalue weighted by molar-refractivity contribution is 1.07. The Morgan fingerprint density at radius 2 is 0.877 bits per heavy atom. The van der Waals surface area contributed by atoms with Crippen LogP contribution in [0.4, 0.5) is 0 Å². The van der Waals surface area contributed by atoms with E-state index in [1.165, 1.54) is 56.6 Å². The Hall–Kier alpha value is -6.99. The number of benzene rings is 8. The first-order valence-corrected chi connectivity index (χ1v) is 20.6. The second-order valence-electron chi connectivity index (χ2n) is 14.4. The summed E-state index contributed by atoms with van der Waals surface area (Å²) in [6, 6.07) is 64.9. The molecule has 0 saturated carbocycles. The zero-order valence-corrected chi connectivity index (χ0v) is 32.1. The molecule has 12 aromatic rings. The van der Waals surface area contributed by atoms with Crippen LogP contribution in [0.2, 0.25) is 0 Å². The summed E-state index contributed by atoms with van der Waals surface area (Å²) in [5.74, 6) is 1.91. The van der Waals surface area contributed by atoms with Gasteiger partial charge in [0.25, 0.3) is 0 Å². The maximum absolute atomic E-state index is 5.20. The second kappa shape index (κ2) is 12.8. The molecule has 6 heteroatoms. The van der Waals surface area contributed by atoms with Gasteiger partial charge in [0.15, 0.2) is 17.5 Å². The minimum Gasteiger partial charge on any atom is -0.309 e. The van der Waals surface area contributed by atoms with Crippen molar-refractivity contribution in [3.8, 4) is 51.0 Å². The summed E-state index contributed by atoms with van der Waals surface area (Å²) in [6.45, 7) is 0. The first-order chi connectivity index (χ1) is 28.2. The van der Waals surface area contributed by atoms with Crippen LogP contribution < -0.4 is 0 Å². The number of hydrogen-bond acceptors (Lipinski definition) is 5. The third kappa shape index (κ3) is 5.22. The Kier molecular flexibility index (Phi) is 7.24. The van der Waals surface area contributed by atoms with Gasteiger partial charge in [-0.25, -0.2) is 15.0 Å². The van der Waals surface area contributed by atoms with Crippen LogP contribution in [0.1, 0.15) is 0 Å². The zero-order chi connectivity index (χ0) is 37.5. The van der Waals surface area contributed by atoms with Crippen molar-refractivity contribution in [2.45, 2.75) is 0 Å². The number of para-hydroxylation sites is 1. The highest BCUT2D eigenvalue weighted by molar-refractivity contribution is 7.27. The molecule has 0 amide bonds. The molecule has 4 nitrogen and oxygen atoms in total. The molecule has 57 heavy (non-hydrogen) atoms. The predicted molar refractivity (Wildman–Crippen MR) is 242 cm³/mol. The molecule has 0 atom stereocenters. The van der Waals surface area contributed by atoms with Gasteiger partial charge in [0.05, 0.1) is 11.0 Å². The molecule has 0 N–H and O–H groups in total. The number of hydrogen-bond donors (Lipinski definition) is 0. The first-order valence-electron chi connectivity index (χ1n) is 19.0. The Morgan fingerprint density at radius 3 is 1.60 bits per heavy atom. The highest BCUT2D eigenvalue weighted by Gasteiger charge is 2.20. The minimum atomic E-state index is 0.626. The predicted octanol–water partition coefficient (Wildman–Crippen LogP) is 14.4. The highest BCUT2D eigenvalue weighted by atomic mass is 32.1. The molecule has 0 bridgehead atoms. The molecule has 0 unspecified atom stereocenters. The van der Waals surface area contributed by atoms with Crippen molar-refractivity contribution in [3.05, 3.63) is 182 Å². The Bertz CT molecular complexity index is 3470. The summed E-state index contributed by atoms with van der Waals surface area (Å²) in [6.07, 6.45) is 0. The summed E-state index contributed by atoms with van der Waals surface area (Å²) in [4.78, 5) is 15.4. The van der Waals surface area contributed by atoms with Crippen molar-refractivity contribution in [1.29, 1.82) is 0 Å². The van der Waals surface area contributed by atoms with Crippen molar-refractivity contribution in [1.82, 2.24) is 19.5 Å². The topological polar surface area (TPSA) is 43.6 Å². The average molecular weight is 763 g/mol. The summed E-state index contributed by atoms with van der Waals surface area (Å²) >= 11 is 3.72. The van der Waals surface area contributed by atoms with Gasteiger partial charge in [0, 0.05) is 73.5 Å². The van der Waals surface area contributed by atoms with Crippen LogP contribution in [0.25, 0.3) is 113 Å². The molecule has 4 heterocycles. The Balaban J connectivity index is 1.15. The van der Waals surface area contributed by atoms with Crippen LogP contribution in [0.3, 0.4) is 0 Å². The van der Waals surface area contributed by atoms with Gasteiger partial charge in [-0.3, -0.25) is 0 Å². The molecule has 0 saturated heterocycles. The van der Waals surface area contributed by atoms with Gasteiger partial charge in [-0.15, -0.1) is 22.7 Å². The number of aromatic nitrogens is 4. The van der Waals surface area contributed by atoms with Gasteiger partial charge in [-0.2, -0.15) is 0 Å². The van der Waals surface area contributed by atoms with Crippen LogP contribution in [-0.2, 0) is 0 Å².